The van der Waals surface area contributed by atoms with E-state index in [2.05, 4.69) is 4.98 Å². The standard InChI is InChI=1S/C20H24ClNO6/c1-12(2)28-18(20(25)26)9-13-4-3-5-15(8-13)27-11-17(23)19(24)16-7-6-14(21)10-22-16/h3-8,10,12,17-19,23-24H,9,11H2,1-2H3,(H,25,26). The Morgan fingerprint density at radius 1 is 1.21 bits per heavy atom. The third-order valence-electron chi connectivity index (χ3n) is 3.87. The van der Waals surface area contributed by atoms with Crippen molar-refractivity contribution in [1.82, 2.24) is 4.98 Å². The molecule has 0 amide bonds. The molecule has 3 unspecified atom stereocenters. The maximum Gasteiger partial charge on any atom is 0.333 e. The molecule has 2 aromatic rings. The van der Waals surface area contributed by atoms with Gasteiger partial charge in [-0.25, -0.2) is 4.79 Å². The van der Waals surface area contributed by atoms with E-state index in [1.54, 1.807) is 44.2 Å². The molecule has 0 radical (unpaired) electrons. The molecule has 3 N–H and O–H groups in total. The van der Waals surface area contributed by atoms with Gasteiger partial charge in [-0.15, -0.1) is 0 Å². The lowest BCUT2D eigenvalue weighted by molar-refractivity contribution is -0.153. The molecule has 0 aliphatic heterocycles. The molecule has 0 aliphatic carbocycles. The Labute approximate surface area is 168 Å². The third kappa shape index (κ3) is 6.76. The SMILES string of the molecule is CC(C)OC(Cc1cccc(OCC(O)C(O)c2ccc(Cl)cn2)c1)C(=O)O. The lowest BCUT2D eigenvalue weighted by Gasteiger charge is -2.19. The highest BCUT2D eigenvalue weighted by Crippen LogP contribution is 2.20. The highest BCUT2D eigenvalue weighted by atomic mass is 35.5. The van der Waals surface area contributed by atoms with E-state index in [4.69, 9.17) is 21.1 Å². The van der Waals surface area contributed by atoms with Gasteiger partial charge in [-0.1, -0.05) is 23.7 Å². The maximum atomic E-state index is 11.3. The van der Waals surface area contributed by atoms with E-state index in [0.717, 1.165) is 5.56 Å². The topological polar surface area (TPSA) is 109 Å². The van der Waals surface area contributed by atoms with Crippen molar-refractivity contribution in [2.24, 2.45) is 0 Å². The van der Waals surface area contributed by atoms with Crippen molar-refractivity contribution < 1.29 is 29.6 Å². The maximum absolute atomic E-state index is 11.3. The number of rotatable bonds is 10. The zero-order valence-corrected chi connectivity index (χ0v) is 16.4. The van der Waals surface area contributed by atoms with Crippen LogP contribution in [-0.2, 0) is 16.0 Å². The van der Waals surface area contributed by atoms with Crippen molar-refractivity contribution >= 4 is 17.6 Å². The number of pyridine rings is 1. The predicted molar refractivity (Wildman–Crippen MR) is 103 cm³/mol. The number of benzene rings is 1. The third-order valence-corrected chi connectivity index (χ3v) is 4.09. The molecule has 0 bridgehead atoms. The first-order valence-corrected chi connectivity index (χ1v) is 9.21. The molecule has 1 aromatic heterocycles. The summed E-state index contributed by atoms with van der Waals surface area (Å²) >= 11 is 5.76. The zero-order valence-electron chi connectivity index (χ0n) is 15.7. The van der Waals surface area contributed by atoms with E-state index in [-0.39, 0.29) is 24.8 Å². The van der Waals surface area contributed by atoms with Crippen molar-refractivity contribution in [2.45, 2.75) is 44.7 Å². The van der Waals surface area contributed by atoms with E-state index in [0.29, 0.717) is 10.8 Å². The molecular weight excluding hydrogens is 386 g/mol. The zero-order chi connectivity index (χ0) is 20.7. The molecule has 0 saturated carbocycles. The van der Waals surface area contributed by atoms with Gasteiger partial charge in [-0.2, -0.15) is 0 Å². The minimum absolute atomic E-state index is 0.167. The van der Waals surface area contributed by atoms with Gasteiger partial charge in [0.25, 0.3) is 0 Å². The molecule has 152 valence electrons. The molecule has 3 atom stereocenters. The number of aliphatic hydroxyl groups is 2. The van der Waals surface area contributed by atoms with Crippen molar-refractivity contribution in [3.05, 3.63) is 58.9 Å². The molecule has 2 rings (SSSR count). The van der Waals surface area contributed by atoms with E-state index in [1.807, 2.05) is 0 Å². The minimum atomic E-state index is -1.23. The summed E-state index contributed by atoms with van der Waals surface area (Å²) in [5.74, 6) is -0.587. The Balaban J connectivity index is 1.96. The van der Waals surface area contributed by atoms with Gasteiger partial charge in [-0.05, 0) is 43.7 Å². The van der Waals surface area contributed by atoms with Crippen LogP contribution in [0.25, 0.3) is 0 Å². The second-order valence-electron chi connectivity index (χ2n) is 6.59. The summed E-state index contributed by atoms with van der Waals surface area (Å²) in [5, 5.41) is 30.0. The fraction of sp³-hybridized carbons (Fsp3) is 0.400. The second kappa shape index (κ2) is 10.4. The van der Waals surface area contributed by atoms with Gasteiger partial charge >= 0.3 is 5.97 Å². The minimum Gasteiger partial charge on any atom is -0.491 e. The summed E-state index contributed by atoms with van der Waals surface area (Å²) in [6.45, 7) is 3.38. The molecule has 1 heterocycles. The average molecular weight is 410 g/mol. The predicted octanol–water partition coefficient (Wildman–Crippen LogP) is 2.63. The Hall–Kier alpha value is -2.19. The van der Waals surface area contributed by atoms with Crippen LogP contribution in [0.3, 0.4) is 0 Å². The molecule has 8 heteroatoms. The molecule has 1 aromatic carbocycles. The van der Waals surface area contributed by atoms with Crippen LogP contribution >= 0.6 is 11.6 Å². The molecule has 0 aliphatic rings. The van der Waals surface area contributed by atoms with Gasteiger partial charge in [0.1, 0.15) is 24.6 Å². The molecular formula is C20H24ClNO6. The van der Waals surface area contributed by atoms with Crippen LogP contribution in [0.15, 0.2) is 42.6 Å². The fourth-order valence-corrected chi connectivity index (χ4v) is 2.64. The van der Waals surface area contributed by atoms with Crippen LogP contribution in [-0.4, -0.2) is 51.2 Å². The van der Waals surface area contributed by atoms with Crippen LogP contribution in [0, 0.1) is 0 Å². The summed E-state index contributed by atoms with van der Waals surface area (Å²) in [6.07, 6.45) is -2.03. The first-order chi connectivity index (χ1) is 13.3. The number of hydrogen-bond donors (Lipinski definition) is 3. The Morgan fingerprint density at radius 2 is 1.96 bits per heavy atom. The van der Waals surface area contributed by atoms with E-state index < -0.39 is 24.3 Å². The molecule has 0 saturated heterocycles. The van der Waals surface area contributed by atoms with Crippen LogP contribution in [0.1, 0.15) is 31.2 Å². The molecule has 28 heavy (non-hydrogen) atoms. The number of aliphatic carboxylic acids is 1. The number of nitrogens with zero attached hydrogens (tertiary/aromatic N) is 1. The summed E-state index contributed by atoms with van der Waals surface area (Å²) < 4.78 is 11.0. The van der Waals surface area contributed by atoms with E-state index >= 15 is 0 Å². The number of carbonyl (C=O) groups is 1. The summed E-state index contributed by atoms with van der Waals surface area (Å²) in [4.78, 5) is 15.3. The lowest BCUT2D eigenvalue weighted by Crippen LogP contribution is -2.29. The number of carboxylic acids is 1. The second-order valence-corrected chi connectivity index (χ2v) is 7.02. The van der Waals surface area contributed by atoms with Crippen molar-refractivity contribution in [3.63, 3.8) is 0 Å². The van der Waals surface area contributed by atoms with Crippen molar-refractivity contribution in [3.8, 4) is 5.75 Å². The van der Waals surface area contributed by atoms with Gasteiger partial charge in [0.2, 0.25) is 0 Å². The van der Waals surface area contributed by atoms with Crippen molar-refractivity contribution in [1.29, 1.82) is 0 Å². The Bertz CT molecular complexity index is 768. The van der Waals surface area contributed by atoms with E-state index in [1.165, 1.54) is 12.3 Å². The molecule has 7 nitrogen and oxygen atoms in total. The summed E-state index contributed by atoms with van der Waals surface area (Å²) in [5.41, 5.74) is 1.00. The monoisotopic (exact) mass is 409 g/mol. The van der Waals surface area contributed by atoms with Crippen LogP contribution in [0.4, 0.5) is 0 Å². The van der Waals surface area contributed by atoms with E-state index in [9.17, 15) is 20.1 Å². The Morgan fingerprint density at radius 3 is 2.57 bits per heavy atom. The molecule has 0 fully saturated rings. The van der Waals surface area contributed by atoms with Gasteiger partial charge in [0, 0.05) is 12.6 Å². The number of ether oxygens (including phenoxy) is 2. The highest BCUT2D eigenvalue weighted by molar-refractivity contribution is 6.30. The number of hydrogen-bond acceptors (Lipinski definition) is 6. The summed E-state index contributed by atoms with van der Waals surface area (Å²) in [7, 11) is 0. The van der Waals surface area contributed by atoms with Gasteiger partial charge in [0.15, 0.2) is 6.10 Å². The number of carboxylic acid groups (broad SMARTS) is 1. The average Bonchev–Trinajstić information content (AvgIpc) is 2.65. The molecule has 0 spiro atoms. The van der Waals surface area contributed by atoms with Crippen LogP contribution in [0.5, 0.6) is 5.75 Å². The number of halogens is 1. The first-order valence-electron chi connectivity index (χ1n) is 8.84. The normalized spacial score (nSPS) is 14.5. The number of aromatic nitrogens is 1. The van der Waals surface area contributed by atoms with Crippen LogP contribution in [0.2, 0.25) is 5.02 Å². The quantitative estimate of drug-likeness (QED) is 0.553. The highest BCUT2D eigenvalue weighted by Gasteiger charge is 2.22. The Kier molecular flexibility index (Phi) is 8.19. The van der Waals surface area contributed by atoms with Gasteiger partial charge in [-0.3, -0.25) is 4.98 Å². The lowest BCUT2D eigenvalue weighted by atomic mass is 10.1. The fourth-order valence-electron chi connectivity index (χ4n) is 2.53. The van der Waals surface area contributed by atoms with Crippen LogP contribution < -0.4 is 4.74 Å². The summed E-state index contributed by atoms with van der Waals surface area (Å²) in [6, 6.07) is 9.96. The van der Waals surface area contributed by atoms with Crippen molar-refractivity contribution in [2.75, 3.05) is 6.61 Å². The van der Waals surface area contributed by atoms with Gasteiger partial charge in [0.05, 0.1) is 16.8 Å². The largest absolute Gasteiger partial charge is 0.491 e. The first kappa shape index (κ1) is 22.1. The smallest absolute Gasteiger partial charge is 0.333 e. The van der Waals surface area contributed by atoms with Gasteiger partial charge < -0.3 is 24.8 Å². The number of aliphatic hydroxyl groups excluding tert-OH is 2.